The van der Waals surface area contributed by atoms with Crippen LogP contribution in [0.25, 0.3) is 0 Å². The van der Waals surface area contributed by atoms with E-state index in [1.807, 2.05) is 0 Å². The van der Waals surface area contributed by atoms with E-state index in [2.05, 4.69) is 59.0 Å². The van der Waals surface area contributed by atoms with Crippen molar-refractivity contribution in [3.8, 4) is 0 Å². The fourth-order valence-electron chi connectivity index (χ4n) is 4.85. The highest BCUT2D eigenvalue weighted by molar-refractivity contribution is 5.80. The molecule has 160 valence electrons. The summed E-state index contributed by atoms with van der Waals surface area (Å²) in [5.41, 5.74) is 4.14. The standard InChI is InChI=1S/C23H37N5O/c1-4-24-23(25-15-21-16-28-10-6-8-20(28)17-29-21)27-13-11-26(12-14-27)22-9-5-7-18(2)19(22)3/h5,7,9,20-21H,4,6,8,10-17H2,1-3H3,(H,24,25). The SMILES string of the molecule is CCNC(=NCC1CN2CCCC2CO1)N1CCN(c2cccc(C)c2C)CC1. The second-order valence-corrected chi connectivity index (χ2v) is 8.63. The van der Waals surface area contributed by atoms with Crippen molar-refractivity contribution in [2.75, 3.05) is 63.9 Å². The minimum absolute atomic E-state index is 0.231. The molecule has 3 heterocycles. The van der Waals surface area contributed by atoms with Crippen LogP contribution in [0.3, 0.4) is 0 Å². The Labute approximate surface area is 175 Å². The van der Waals surface area contributed by atoms with Gasteiger partial charge in [0.1, 0.15) is 0 Å². The molecule has 3 fully saturated rings. The lowest BCUT2D eigenvalue weighted by Gasteiger charge is -2.39. The normalized spacial score (nSPS) is 26.0. The maximum atomic E-state index is 6.10. The summed E-state index contributed by atoms with van der Waals surface area (Å²) in [6, 6.07) is 7.28. The topological polar surface area (TPSA) is 43.3 Å². The summed E-state index contributed by atoms with van der Waals surface area (Å²) in [6.07, 6.45) is 2.84. The second kappa shape index (κ2) is 9.35. The number of benzene rings is 1. The molecule has 6 nitrogen and oxygen atoms in total. The van der Waals surface area contributed by atoms with Gasteiger partial charge in [0.15, 0.2) is 5.96 Å². The van der Waals surface area contributed by atoms with Crippen LogP contribution < -0.4 is 10.2 Å². The number of ether oxygens (including phenoxy) is 1. The van der Waals surface area contributed by atoms with Crippen molar-refractivity contribution in [1.82, 2.24) is 15.1 Å². The van der Waals surface area contributed by atoms with Crippen molar-refractivity contribution in [2.24, 2.45) is 4.99 Å². The Balaban J connectivity index is 1.34. The molecule has 0 spiro atoms. The maximum Gasteiger partial charge on any atom is 0.194 e. The van der Waals surface area contributed by atoms with E-state index in [1.165, 1.54) is 36.2 Å². The van der Waals surface area contributed by atoms with Gasteiger partial charge in [-0.2, -0.15) is 0 Å². The quantitative estimate of drug-likeness (QED) is 0.621. The van der Waals surface area contributed by atoms with E-state index >= 15 is 0 Å². The van der Waals surface area contributed by atoms with Crippen LogP contribution in [0.5, 0.6) is 0 Å². The van der Waals surface area contributed by atoms with Gasteiger partial charge in [-0.05, 0) is 57.4 Å². The highest BCUT2D eigenvalue weighted by Crippen LogP contribution is 2.24. The molecule has 3 aliphatic heterocycles. The number of rotatable bonds is 4. The zero-order valence-corrected chi connectivity index (χ0v) is 18.4. The third kappa shape index (κ3) is 4.69. The highest BCUT2D eigenvalue weighted by atomic mass is 16.5. The lowest BCUT2D eigenvalue weighted by molar-refractivity contribution is -0.0432. The molecular weight excluding hydrogens is 362 g/mol. The average molecular weight is 400 g/mol. The van der Waals surface area contributed by atoms with Gasteiger partial charge in [-0.3, -0.25) is 9.89 Å². The summed E-state index contributed by atoms with van der Waals surface area (Å²) in [6.45, 7) is 15.4. The van der Waals surface area contributed by atoms with Crippen molar-refractivity contribution < 1.29 is 4.74 Å². The number of nitrogens with one attached hydrogen (secondary N) is 1. The monoisotopic (exact) mass is 399 g/mol. The number of hydrogen-bond acceptors (Lipinski definition) is 4. The van der Waals surface area contributed by atoms with Crippen LogP contribution in [0.2, 0.25) is 0 Å². The third-order valence-corrected chi connectivity index (χ3v) is 6.74. The van der Waals surface area contributed by atoms with Gasteiger partial charge < -0.3 is 19.9 Å². The Bertz CT molecular complexity index is 713. The molecule has 1 aromatic rings. The highest BCUT2D eigenvalue weighted by Gasteiger charge is 2.32. The first-order valence-corrected chi connectivity index (χ1v) is 11.4. The molecule has 2 unspecified atom stereocenters. The number of aryl methyl sites for hydroxylation is 1. The van der Waals surface area contributed by atoms with E-state index in [-0.39, 0.29) is 6.10 Å². The van der Waals surface area contributed by atoms with Crippen molar-refractivity contribution in [2.45, 2.75) is 45.8 Å². The zero-order chi connectivity index (χ0) is 20.2. The Morgan fingerprint density at radius 1 is 1.17 bits per heavy atom. The lowest BCUT2D eigenvalue weighted by Crippen LogP contribution is -2.53. The molecule has 2 atom stereocenters. The Morgan fingerprint density at radius 3 is 2.79 bits per heavy atom. The summed E-state index contributed by atoms with van der Waals surface area (Å²) in [7, 11) is 0. The predicted molar refractivity (Wildman–Crippen MR) is 120 cm³/mol. The smallest absolute Gasteiger partial charge is 0.194 e. The van der Waals surface area contributed by atoms with E-state index in [9.17, 15) is 0 Å². The van der Waals surface area contributed by atoms with Gasteiger partial charge >= 0.3 is 0 Å². The molecule has 0 aliphatic carbocycles. The van der Waals surface area contributed by atoms with Crippen molar-refractivity contribution in [3.05, 3.63) is 29.3 Å². The number of morpholine rings is 1. The zero-order valence-electron chi connectivity index (χ0n) is 18.4. The Hall–Kier alpha value is -1.79. The number of piperazine rings is 1. The minimum atomic E-state index is 0.231. The third-order valence-electron chi connectivity index (χ3n) is 6.74. The van der Waals surface area contributed by atoms with E-state index in [0.29, 0.717) is 6.04 Å². The Morgan fingerprint density at radius 2 is 2.00 bits per heavy atom. The van der Waals surface area contributed by atoms with Crippen LogP contribution in [0.1, 0.15) is 30.9 Å². The molecule has 0 radical (unpaired) electrons. The van der Waals surface area contributed by atoms with E-state index in [4.69, 9.17) is 9.73 Å². The molecule has 0 amide bonds. The fraction of sp³-hybridized carbons (Fsp3) is 0.696. The number of fused-ring (bicyclic) bond motifs is 1. The van der Waals surface area contributed by atoms with Crippen LogP contribution in [0.4, 0.5) is 5.69 Å². The lowest BCUT2D eigenvalue weighted by atomic mass is 10.1. The molecule has 29 heavy (non-hydrogen) atoms. The van der Waals surface area contributed by atoms with Crippen LogP contribution in [0.15, 0.2) is 23.2 Å². The van der Waals surface area contributed by atoms with Gasteiger partial charge in [0.05, 0.1) is 19.3 Å². The first kappa shape index (κ1) is 20.5. The number of aliphatic imine (C=N–C) groups is 1. The molecular formula is C23H37N5O. The average Bonchev–Trinajstić information content (AvgIpc) is 3.21. The second-order valence-electron chi connectivity index (χ2n) is 8.63. The van der Waals surface area contributed by atoms with Crippen molar-refractivity contribution >= 4 is 11.6 Å². The number of anilines is 1. The van der Waals surface area contributed by atoms with Crippen molar-refractivity contribution in [1.29, 1.82) is 0 Å². The first-order chi connectivity index (χ1) is 14.2. The van der Waals surface area contributed by atoms with Gasteiger partial charge in [-0.25, -0.2) is 0 Å². The summed E-state index contributed by atoms with van der Waals surface area (Å²) < 4.78 is 6.10. The molecule has 4 rings (SSSR count). The molecule has 0 saturated carbocycles. The molecule has 1 N–H and O–H groups in total. The number of guanidine groups is 1. The number of hydrogen-bond donors (Lipinski definition) is 1. The van der Waals surface area contributed by atoms with E-state index in [0.717, 1.165) is 58.4 Å². The molecule has 6 heteroatoms. The predicted octanol–water partition coefficient (Wildman–Crippen LogP) is 2.25. The Kier molecular flexibility index (Phi) is 6.60. The van der Waals surface area contributed by atoms with Gasteiger partial charge in [0.2, 0.25) is 0 Å². The fourth-order valence-corrected chi connectivity index (χ4v) is 4.85. The minimum Gasteiger partial charge on any atom is -0.373 e. The van der Waals surface area contributed by atoms with Crippen molar-refractivity contribution in [3.63, 3.8) is 0 Å². The summed E-state index contributed by atoms with van der Waals surface area (Å²) in [4.78, 5) is 12.5. The van der Waals surface area contributed by atoms with E-state index in [1.54, 1.807) is 0 Å². The van der Waals surface area contributed by atoms with Gasteiger partial charge in [0.25, 0.3) is 0 Å². The molecule has 0 aromatic heterocycles. The van der Waals surface area contributed by atoms with Crippen LogP contribution in [-0.4, -0.2) is 86.9 Å². The summed E-state index contributed by atoms with van der Waals surface area (Å²) >= 11 is 0. The largest absolute Gasteiger partial charge is 0.373 e. The summed E-state index contributed by atoms with van der Waals surface area (Å²) in [5.74, 6) is 1.04. The molecule has 1 aromatic carbocycles. The molecule has 3 saturated heterocycles. The van der Waals surface area contributed by atoms with Crippen LogP contribution in [-0.2, 0) is 4.74 Å². The first-order valence-electron chi connectivity index (χ1n) is 11.4. The van der Waals surface area contributed by atoms with E-state index < -0.39 is 0 Å². The molecule has 3 aliphatic rings. The van der Waals surface area contributed by atoms with Crippen LogP contribution in [0, 0.1) is 13.8 Å². The van der Waals surface area contributed by atoms with Gasteiger partial charge in [-0.1, -0.05) is 12.1 Å². The number of nitrogens with zero attached hydrogens (tertiary/aromatic N) is 4. The summed E-state index contributed by atoms with van der Waals surface area (Å²) in [5, 5.41) is 3.50. The molecule has 0 bridgehead atoms. The maximum absolute atomic E-state index is 6.10. The van der Waals surface area contributed by atoms with Gasteiger partial charge in [-0.15, -0.1) is 0 Å². The van der Waals surface area contributed by atoms with Crippen LogP contribution >= 0.6 is 0 Å². The van der Waals surface area contributed by atoms with Gasteiger partial charge in [0, 0.05) is 51.0 Å².